The number of ether oxygens (including phenoxy) is 2. The summed E-state index contributed by atoms with van der Waals surface area (Å²) < 4.78 is 38.5. The van der Waals surface area contributed by atoms with Crippen LogP contribution < -0.4 is 19.7 Å². The Balaban J connectivity index is 1.39. The summed E-state index contributed by atoms with van der Waals surface area (Å²) in [5.41, 5.74) is 2.19. The van der Waals surface area contributed by atoms with E-state index in [2.05, 4.69) is 10.2 Å². The smallest absolute Gasteiger partial charge is 0.307 e. The maximum absolute atomic E-state index is 13.3. The largest absolute Gasteiger partial charge is 0.490 e. The van der Waals surface area contributed by atoms with Crippen LogP contribution in [0, 0.1) is 0 Å². The van der Waals surface area contributed by atoms with E-state index in [0.29, 0.717) is 36.6 Å². The number of carbonyl (C=O) groups is 1. The van der Waals surface area contributed by atoms with Crippen molar-refractivity contribution in [3.8, 4) is 11.5 Å². The van der Waals surface area contributed by atoms with E-state index in [0.717, 1.165) is 11.4 Å². The number of anilines is 2. The van der Waals surface area contributed by atoms with Gasteiger partial charge in [-0.15, -0.1) is 0 Å². The SMILES string of the molecule is CCC(Nc1cccc(CC(=O)O)c1)S(=O)(=O)c1ccc(OC[C@@H]2CN(C)c3ccccc3O2)cc1. The molecule has 8 nitrogen and oxygen atoms in total. The normalized spacial score (nSPS) is 15.9. The number of aliphatic carboxylic acids is 1. The van der Waals surface area contributed by atoms with Gasteiger partial charge in [0.25, 0.3) is 0 Å². The van der Waals surface area contributed by atoms with Crippen molar-refractivity contribution in [3.05, 3.63) is 78.4 Å². The van der Waals surface area contributed by atoms with E-state index in [4.69, 9.17) is 14.6 Å². The molecule has 1 aliphatic rings. The van der Waals surface area contributed by atoms with Gasteiger partial charge in [0.15, 0.2) is 9.84 Å². The molecule has 1 unspecified atom stereocenters. The number of carboxylic acid groups (broad SMARTS) is 1. The van der Waals surface area contributed by atoms with Crippen LogP contribution in [0.25, 0.3) is 0 Å². The summed E-state index contributed by atoms with van der Waals surface area (Å²) in [4.78, 5) is 13.3. The molecule has 0 saturated heterocycles. The third-order valence-corrected chi connectivity index (χ3v) is 8.12. The van der Waals surface area contributed by atoms with E-state index in [-0.39, 0.29) is 17.4 Å². The van der Waals surface area contributed by atoms with Gasteiger partial charge >= 0.3 is 5.97 Å². The number of para-hydroxylation sites is 2. The van der Waals surface area contributed by atoms with Crippen molar-refractivity contribution in [2.45, 2.75) is 36.1 Å². The minimum Gasteiger partial charge on any atom is -0.490 e. The molecule has 0 aliphatic carbocycles. The van der Waals surface area contributed by atoms with Crippen LogP contribution >= 0.6 is 0 Å². The molecule has 9 heteroatoms. The highest BCUT2D eigenvalue weighted by Crippen LogP contribution is 2.32. The summed E-state index contributed by atoms with van der Waals surface area (Å²) >= 11 is 0. The molecule has 0 fully saturated rings. The Labute approximate surface area is 211 Å². The number of hydrogen-bond acceptors (Lipinski definition) is 7. The minimum atomic E-state index is -3.69. The van der Waals surface area contributed by atoms with Crippen molar-refractivity contribution in [2.24, 2.45) is 0 Å². The number of fused-ring (bicyclic) bond motifs is 1. The van der Waals surface area contributed by atoms with E-state index in [1.54, 1.807) is 55.5 Å². The summed E-state index contributed by atoms with van der Waals surface area (Å²) in [6.45, 7) is 2.80. The van der Waals surface area contributed by atoms with E-state index >= 15 is 0 Å². The van der Waals surface area contributed by atoms with Gasteiger partial charge < -0.3 is 24.8 Å². The second-order valence-electron chi connectivity index (χ2n) is 8.73. The van der Waals surface area contributed by atoms with Crippen molar-refractivity contribution < 1.29 is 27.8 Å². The van der Waals surface area contributed by atoms with Gasteiger partial charge in [-0.05, 0) is 60.5 Å². The van der Waals surface area contributed by atoms with Crippen molar-refractivity contribution in [3.63, 3.8) is 0 Å². The first-order valence-electron chi connectivity index (χ1n) is 11.8. The predicted octanol–water partition coefficient (Wildman–Crippen LogP) is 4.21. The molecule has 0 bridgehead atoms. The molecule has 3 aromatic carbocycles. The summed E-state index contributed by atoms with van der Waals surface area (Å²) in [6, 6.07) is 21.0. The van der Waals surface area contributed by atoms with Crippen LogP contribution in [0.4, 0.5) is 11.4 Å². The fourth-order valence-corrected chi connectivity index (χ4v) is 5.76. The molecule has 0 saturated carbocycles. The van der Waals surface area contributed by atoms with Gasteiger partial charge in [0.1, 0.15) is 29.6 Å². The van der Waals surface area contributed by atoms with Gasteiger partial charge in [0, 0.05) is 12.7 Å². The molecule has 1 aliphatic heterocycles. The van der Waals surface area contributed by atoms with Crippen molar-refractivity contribution in [2.75, 3.05) is 30.4 Å². The van der Waals surface area contributed by atoms with Crippen LogP contribution in [0.2, 0.25) is 0 Å². The fraction of sp³-hybridized carbons (Fsp3) is 0.296. The molecule has 2 N–H and O–H groups in total. The highest BCUT2D eigenvalue weighted by atomic mass is 32.2. The molecule has 1 heterocycles. The number of carboxylic acids is 1. The summed E-state index contributed by atoms with van der Waals surface area (Å²) in [5, 5.41) is 11.2. The highest BCUT2D eigenvalue weighted by Gasteiger charge is 2.27. The van der Waals surface area contributed by atoms with E-state index in [1.165, 1.54) is 0 Å². The van der Waals surface area contributed by atoms with Crippen LogP contribution in [0.3, 0.4) is 0 Å². The second-order valence-corrected chi connectivity index (χ2v) is 10.9. The third-order valence-electron chi connectivity index (χ3n) is 5.99. The number of sulfone groups is 1. The molecule has 3 aromatic rings. The van der Waals surface area contributed by atoms with Crippen LogP contribution in [0.5, 0.6) is 11.5 Å². The van der Waals surface area contributed by atoms with E-state index in [1.807, 2.05) is 31.3 Å². The lowest BCUT2D eigenvalue weighted by molar-refractivity contribution is -0.136. The van der Waals surface area contributed by atoms with Gasteiger partial charge in [0.05, 0.1) is 23.5 Å². The van der Waals surface area contributed by atoms with Crippen LogP contribution in [-0.4, -0.2) is 51.2 Å². The molecule has 0 spiro atoms. The average molecular weight is 511 g/mol. The number of likely N-dealkylation sites (N-methyl/N-ethyl adjacent to an activating group) is 1. The lowest BCUT2D eigenvalue weighted by Crippen LogP contribution is -2.41. The molecular formula is C27H30N2O6S. The highest BCUT2D eigenvalue weighted by molar-refractivity contribution is 7.92. The lowest BCUT2D eigenvalue weighted by Gasteiger charge is -2.33. The van der Waals surface area contributed by atoms with Crippen LogP contribution in [0.15, 0.2) is 77.7 Å². The van der Waals surface area contributed by atoms with E-state index in [9.17, 15) is 13.2 Å². The fourth-order valence-electron chi connectivity index (χ4n) is 4.19. The molecule has 0 amide bonds. The first kappa shape index (κ1) is 25.4. The Kier molecular flexibility index (Phi) is 7.69. The van der Waals surface area contributed by atoms with Crippen molar-refractivity contribution >= 4 is 27.2 Å². The molecule has 2 atom stereocenters. The van der Waals surface area contributed by atoms with Gasteiger partial charge in [-0.2, -0.15) is 0 Å². The van der Waals surface area contributed by atoms with Crippen LogP contribution in [0.1, 0.15) is 18.9 Å². The number of nitrogens with zero attached hydrogens (tertiary/aromatic N) is 1. The number of rotatable bonds is 10. The Morgan fingerprint density at radius 2 is 1.89 bits per heavy atom. The zero-order valence-electron chi connectivity index (χ0n) is 20.3. The standard InChI is InChI=1S/C27H30N2O6S/c1-3-26(28-20-8-6-7-19(15-20)16-27(30)31)36(32,33)23-13-11-21(12-14-23)34-18-22-17-29(2)24-9-4-5-10-25(24)35-22/h4-15,22,26,28H,3,16-18H2,1-2H3,(H,30,31)/t22-,26?/m0/s1. The zero-order chi connectivity index (χ0) is 25.7. The Morgan fingerprint density at radius 1 is 1.14 bits per heavy atom. The van der Waals surface area contributed by atoms with Crippen molar-refractivity contribution in [1.82, 2.24) is 0 Å². The maximum atomic E-state index is 13.3. The number of nitrogens with one attached hydrogen (secondary N) is 1. The summed E-state index contributed by atoms with van der Waals surface area (Å²) in [7, 11) is -1.68. The predicted molar refractivity (Wildman–Crippen MR) is 139 cm³/mol. The summed E-state index contributed by atoms with van der Waals surface area (Å²) in [5.74, 6) is 0.426. The average Bonchev–Trinajstić information content (AvgIpc) is 2.86. The Hall–Kier alpha value is -3.72. The number of hydrogen-bond donors (Lipinski definition) is 2. The minimum absolute atomic E-state index is 0.130. The molecule has 0 radical (unpaired) electrons. The second kappa shape index (κ2) is 10.9. The Bertz CT molecular complexity index is 1310. The van der Waals surface area contributed by atoms with Crippen LogP contribution in [-0.2, 0) is 21.1 Å². The first-order chi connectivity index (χ1) is 17.3. The maximum Gasteiger partial charge on any atom is 0.307 e. The zero-order valence-corrected chi connectivity index (χ0v) is 21.1. The van der Waals surface area contributed by atoms with Gasteiger partial charge in [-0.3, -0.25) is 4.79 Å². The molecule has 190 valence electrons. The van der Waals surface area contributed by atoms with Gasteiger partial charge in [-0.1, -0.05) is 31.2 Å². The first-order valence-corrected chi connectivity index (χ1v) is 13.3. The topological polar surface area (TPSA) is 105 Å². The lowest BCUT2D eigenvalue weighted by atomic mass is 10.1. The van der Waals surface area contributed by atoms with Gasteiger partial charge in [-0.25, -0.2) is 8.42 Å². The quantitative estimate of drug-likeness (QED) is 0.418. The molecule has 0 aromatic heterocycles. The third kappa shape index (κ3) is 5.91. The van der Waals surface area contributed by atoms with E-state index < -0.39 is 21.2 Å². The number of benzene rings is 3. The molecule has 4 rings (SSSR count). The Morgan fingerprint density at radius 3 is 2.61 bits per heavy atom. The van der Waals surface area contributed by atoms with Crippen molar-refractivity contribution in [1.29, 1.82) is 0 Å². The molecule has 36 heavy (non-hydrogen) atoms. The summed E-state index contributed by atoms with van der Waals surface area (Å²) in [6.07, 6.45) is 0.0475. The monoisotopic (exact) mass is 510 g/mol. The molecular weight excluding hydrogens is 480 g/mol. The van der Waals surface area contributed by atoms with Gasteiger partial charge in [0.2, 0.25) is 0 Å².